The Kier molecular flexibility index (Phi) is 7.46. The third kappa shape index (κ3) is 5.39. The van der Waals surface area contributed by atoms with Crippen LogP contribution in [0.2, 0.25) is 0 Å². The van der Waals surface area contributed by atoms with Gasteiger partial charge in [0.05, 0.1) is 28.1 Å². The molecule has 0 atom stereocenters. The Hall–Kier alpha value is -7.56. The van der Waals surface area contributed by atoms with Crippen molar-refractivity contribution in [3.05, 3.63) is 200 Å². The summed E-state index contributed by atoms with van der Waals surface area (Å²) in [6, 6.07) is 70.2. The van der Waals surface area contributed by atoms with Gasteiger partial charge in [-0.05, 0) is 58.7 Å². The van der Waals surface area contributed by atoms with E-state index in [9.17, 15) is 0 Å². The fourth-order valence-electron chi connectivity index (χ4n) is 8.09. The van der Waals surface area contributed by atoms with Crippen LogP contribution in [0.25, 0.3) is 106 Å². The summed E-state index contributed by atoms with van der Waals surface area (Å²) in [5.41, 5.74) is 14.3. The summed E-state index contributed by atoms with van der Waals surface area (Å²) in [5.74, 6) is 0.650. The van der Waals surface area contributed by atoms with Crippen LogP contribution in [0, 0.1) is 0 Å². The highest BCUT2D eigenvalue weighted by molar-refractivity contribution is 6.14. The second-order valence-corrected chi connectivity index (χ2v) is 14.2. The lowest BCUT2D eigenvalue weighted by atomic mass is 10.0. The Morgan fingerprint density at radius 1 is 0.339 bits per heavy atom. The smallest absolute Gasteiger partial charge is 0.160 e. The zero-order valence-electron chi connectivity index (χ0n) is 30.3. The fraction of sp³-hybridized carbons (Fsp3) is 0. The van der Waals surface area contributed by atoms with E-state index in [1.165, 1.54) is 33.0 Å². The van der Waals surface area contributed by atoms with Gasteiger partial charge in [0, 0.05) is 38.2 Å². The minimum Gasteiger partial charge on any atom is -0.454 e. The maximum Gasteiger partial charge on any atom is 0.160 e. The minimum atomic E-state index is 0.650. The Balaban J connectivity index is 1.12. The van der Waals surface area contributed by atoms with E-state index in [1.54, 1.807) is 0 Å². The Morgan fingerprint density at radius 3 is 1.36 bits per heavy atom. The normalized spacial score (nSPS) is 11.6. The Bertz CT molecular complexity index is 3070. The van der Waals surface area contributed by atoms with E-state index in [0.717, 1.165) is 66.7 Å². The molecular weight excluding hydrogens is 683 g/mol. The van der Waals surface area contributed by atoms with Gasteiger partial charge in [0.15, 0.2) is 11.4 Å². The van der Waals surface area contributed by atoms with Crippen molar-refractivity contribution >= 4 is 43.7 Å². The summed E-state index contributed by atoms with van der Waals surface area (Å²) in [6.07, 6.45) is 0. The summed E-state index contributed by atoms with van der Waals surface area (Å²) in [4.78, 5) is 10.2. The number of benzene rings is 8. The molecule has 0 aliphatic carbocycles. The summed E-state index contributed by atoms with van der Waals surface area (Å²) in [5, 5.41) is 4.49. The quantitative estimate of drug-likeness (QED) is 0.172. The third-order valence-corrected chi connectivity index (χ3v) is 10.8. The van der Waals surface area contributed by atoms with Crippen molar-refractivity contribution in [2.24, 2.45) is 0 Å². The molecule has 0 bridgehead atoms. The Labute approximate surface area is 323 Å². The molecule has 0 fully saturated rings. The van der Waals surface area contributed by atoms with Gasteiger partial charge in [-0.15, -0.1) is 0 Å². The lowest BCUT2D eigenvalue weighted by Gasteiger charge is -2.10. The zero-order chi connectivity index (χ0) is 37.0. The molecule has 0 amide bonds. The average Bonchev–Trinajstić information content (AvgIpc) is 3.82. The van der Waals surface area contributed by atoms with Crippen molar-refractivity contribution in [3.63, 3.8) is 0 Å². The van der Waals surface area contributed by atoms with E-state index in [1.807, 2.05) is 36.4 Å². The van der Waals surface area contributed by atoms with Crippen molar-refractivity contribution in [1.29, 1.82) is 0 Å². The van der Waals surface area contributed by atoms with Gasteiger partial charge in [0.2, 0.25) is 0 Å². The molecule has 0 saturated carbocycles. The molecule has 0 spiro atoms. The number of aromatic nitrogens is 3. The predicted molar refractivity (Wildman–Crippen MR) is 231 cm³/mol. The largest absolute Gasteiger partial charge is 0.454 e. The molecule has 4 nitrogen and oxygen atoms in total. The topological polar surface area (TPSA) is 43.9 Å². The van der Waals surface area contributed by atoms with Gasteiger partial charge in [-0.2, -0.15) is 0 Å². The van der Waals surface area contributed by atoms with Gasteiger partial charge >= 0.3 is 0 Å². The molecule has 8 aromatic carbocycles. The van der Waals surface area contributed by atoms with Crippen LogP contribution in [0.3, 0.4) is 0 Å². The Morgan fingerprint density at radius 2 is 0.821 bits per heavy atom. The molecule has 0 saturated heterocycles. The summed E-state index contributed by atoms with van der Waals surface area (Å²) < 4.78 is 9.33. The SMILES string of the molecule is c1ccc(-c2ccc3c4ccc(-c5ccccc5)cc4n(-c4cccc5c4oc4cc(-c6nc(-c7ccccc7)cc(-c7ccccc7)n6)ccc45)c3c2)cc1. The number of hydrogen-bond acceptors (Lipinski definition) is 3. The zero-order valence-corrected chi connectivity index (χ0v) is 30.3. The van der Waals surface area contributed by atoms with Crippen LogP contribution in [0.4, 0.5) is 0 Å². The molecule has 0 unspecified atom stereocenters. The van der Waals surface area contributed by atoms with Crippen LogP contribution >= 0.6 is 0 Å². The summed E-state index contributed by atoms with van der Waals surface area (Å²) in [7, 11) is 0. The molecule has 4 heteroatoms. The minimum absolute atomic E-state index is 0.650. The van der Waals surface area contributed by atoms with Crippen molar-refractivity contribution in [2.45, 2.75) is 0 Å². The molecule has 3 heterocycles. The maximum absolute atomic E-state index is 6.95. The van der Waals surface area contributed by atoms with Crippen LogP contribution in [-0.4, -0.2) is 14.5 Å². The van der Waals surface area contributed by atoms with Gasteiger partial charge in [-0.25, -0.2) is 9.97 Å². The molecule has 262 valence electrons. The number of nitrogens with zero attached hydrogens (tertiary/aromatic N) is 3. The molecule has 0 aliphatic heterocycles. The van der Waals surface area contributed by atoms with E-state index < -0.39 is 0 Å². The average molecular weight is 716 g/mol. The predicted octanol–water partition coefficient (Wildman–Crippen LogP) is 13.8. The van der Waals surface area contributed by atoms with Gasteiger partial charge in [-0.1, -0.05) is 164 Å². The molecule has 0 radical (unpaired) electrons. The first-order chi connectivity index (χ1) is 27.7. The van der Waals surface area contributed by atoms with Gasteiger partial charge < -0.3 is 8.98 Å². The van der Waals surface area contributed by atoms with E-state index in [0.29, 0.717) is 5.82 Å². The number of furan rings is 1. The molecule has 0 aliphatic rings. The van der Waals surface area contributed by atoms with E-state index >= 15 is 0 Å². The highest BCUT2D eigenvalue weighted by Gasteiger charge is 2.20. The molecule has 11 aromatic rings. The van der Waals surface area contributed by atoms with Crippen molar-refractivity contribution < 1.29 is 4.42 Å². The maximum atomic E-state index is 6.95. The number of fused-ring (bicyclic) bond motifs is 6. The summed E-state index contributed by atoms with van der Waals surface area (Å²) >= 11 is 0. The van der Waals surface area contributed by atoms with Gasteiger partial charge in [-0.3, -0.25) is 0 Å². The molecular formula is C52H33N3O. The lowest BCUT2D eigenvalue weighted by Crippen LogP contribution is -1.95. The fourth-order valence-corrected chi connectivity index (χ4v) is 8.09. The van der Waals surface area contributed by atoms with E-state index in [4.69, 9.17) is 14.4 Å². The van der Waals surface area contributed by atoms with Crippen LogP contribution in [-0.2, 0) is 0 Å². The molecule has 11 rings (SSSR count). The molecule has 56 heavy (non-hydrogen) atoms. The van der Waals surface area contributed by atoms with Crippen LogP contribution < -0.4 is 0 Å². The van der Waals surface area contributed by atoms with E-state index in [2.05, 4.69) is 168 Å². The highest BCUT2D eigenvalue weighted by atomic mass is 16.3. The highest BCUT2D eigenvalue weighted by Crippen LogP contribution is 2.41. The van der Waals surface area contributed by atoms with Crippen molar-refractivity contribution in [2.75, 3.05) is 0 Å². The second kappa shape index (κ2) is 13.1. The van der Waals surface area contributed by atoms with E-state index in [-0.39, 0.29) is 0 Å². The first-order valence-electron chi connectivity index (χ1n) is 18.9. The van der Waals surface area contributed by atoms with Crippen LogP contribution in [0.15, 0.2) is 205 Å². The number of para-hydroxylation sites is 1. The summed E-state index contributed by atoms with van der Waals surface area (Å²) in [6.45, 7) is 0. The van der Waals surface area contributed by atoms with Gasteiger partial charge in [0.1, 0.15) is 5.58 Å². The third-order valence-electron chi connectivity index (χ3n) is 10.8. The standard InChI is InChI=1S/C52H33N3O/c1-5-14-34(15-6-1)38-24-27-41-42-28-25-39(35-16-7-2-8-17-35)31-49(42)55(48(41)30-38)47-23-13-22-44-43-29-26-40(32-50(43)56-51(44)47)52-53-45(36-18-9-3-10-19-36)33-46(54-52)37-20-11-4-12-21-37/h1-33H. The molecule has 3 aromatic heterocycles. The number of hydrogen-bond donors (Lipinski definition) is 0. The van der Waals surface area contributed by atoms with Crippen LogP contribution in [0.5, 0.6) is 0 Å². The van der Waals surface area contributed by atoms with Crippen molar-refractivity contribution in [3.8, 4) is 61.8 Å². The van der Waals surface area contributed by atoms with Crippen LogP contribution in [0.1, 0.15) is 0 Å². The molecule has 0 N–H and O–H groups in total. The second-order valence-electron chi connectivity index (χ2n) is 14.2. The number of rotatable bonds is 6. The van der Waals surface area contributed by atoms with Crippen molar-refractivity contribution in [1.82, 2.24) is 14.5 Å². The first kappa shape index (κ1) is 31.9. The first-order valence-corrected chi connectivity index (χ1v) is 18.9. The lowest BCUT2D eigenvalue weighted by molar-refractivity contribution is 0.666. The van der Waals surface area contributed by atoms with Gasteiger partial charge in [0.25, 0.3) is 0 Å². The monoisotopic (exact) mass is 715 g/mol.